The van der Waals surface area contributed by atoms with Crippen LogP contribution >= 0.6 is 0 Å². The molecule has 1 aliphatic rings. The van der Waals surface area contributed by atoms with Gasteiger partial charge in [-0.2, -0.15) is 4.98 Å². The van der Waals surface area contributed by atoms with E-state index >= 15 is 0 Å². The minimum atomic E-state index is -1.16. The minimum Gasteiger partial charge on any atom is -0.475 e. The first kappa shape index (κ1) is 11.0. The molecule has 0 aliphatic heterocycles. The molecule has 1 heterocycles. The van der Waals surface area contributed by atoms with Gasteiger partial charge >= 0.3 is 5.97 Å². The van der Waals surface area contributed by atoms with E-state index in [2.05, 4.69) is 16.2 Å². The molecule has 1 atom stereocenters. The highest BCUT2D eigenvalue weighted by Crippen LogP contribution is 2.35. The van der Waals surface area contributed by atoms with E-state index in [4.69, 9.17) is 9.63 Å². The number of hydrogen-bond acceptors (Lipinski definition) is 4. The van der Waals surface area contributed by atoms with Gasteiger partial charge in [0.05, 0.1) is 5.92 Å². The highest BCUT2D eigenvalue weighted by atomic mass is 16.5. The highest BCUT2D eigenvalue weighted by Gasteiger charge is 2.27. The second-order valence-corrected chi connectivity index (χ2v) is 4.41. The third-order valence-electron chi connectivity index (χ3n) is 3.30. The van der Waals surface area contributed by atoms with Crippen molar-refractivity contribution in [3.05, 3.63) is 47.1 Å². The van der Waals surface area contributed by atoms with E-state index in [1.807, 2.05) is 18.2 Å². The molecule has 92 valence electrons. The van der Waals surface area contributed by atoms with Crippen LogP contribution in [0.2, 0.25) is 0 Å². The molecule has 0 fully saturated rings. The van der Waals surface area contributed by atoms with Crippen molar-refractivity contribution in [1.29, 1.82) is 0 Å². The number of benzene rings is 1. The maximum atomic E-state index is 10.8. The lowest BCUT2D eigenvalue weighted by molar-refractivity contribution is 0.0680. The highest BCUT2D eigenvalue weighted by molar-refractivity contribution is 5.82. The van der Waals surface area contributed by atoms with Crippen LogP contribution < -0.4 is 0 Å². The van der Waals surface area contributed by atoms with Crippen molar-refractivity contribution in [3.8, 4) is 0 Å². The molecular weight excluding hydrogens is 232 g/mol. The fourth-order valence-corrected chi connectivity index (χ4v) is 2.47. The van der Waals surface area contributed by atoms with Crippen LogP contribution in [-0.2, 0) is 6.42 Å². The van der Waals surface area contributed by atoms with Gasteiger partial charge in [0.25, 0.3) is 5.82 Å². The molecule has 0 bridgehead atoms. The number of aryl methyl sites for hydroxylation is 1. The van der Waals surface area contributed by atoms with Crippen molar-refractivity contribution in [2.24, 2.45) is 0 Å². The summed E-state index contributed by atoms with van der Waals surface area (Å²) in [4.78, 5) is 14.7. The van der Waals surface area contributed by atoms with Gasteiger partial charge in [0.15, 0.2) is 0 Å². The second kappa shape index (κ2) is 4.25. The lowest BCUT2D eigenvalue weighted by Gasteiger charge is -2.22. The van der Waals surface area contributed by atoms with Gasteiger partial charge in [-0.25, -0.2) is 4.79 Å². The topological polar surface area (TPSA) is 76.2 Å². The Balaban J connectivity index is 2.00. The molecule has 1 aliphatic carbocycles. The third kappa shape index (κ3) is 1.77. The molecule has 0 amide bonds. The Labute approximate surface area is 103 Å². The van der Waals surface area contributed by atoms with Crippen molar-refractivity contribution < 1.29 is 14.4 Å². The van der Waals surface area contributed by atoms with Crippen LogP contribution in [0.5, 0.6) is 0 Å². The smallest absolute Gasteiger partial charge is 0.377 e. The fourth-order valence-electron chi connectivity index (χ4n) is 2.47. The van der Waals surface area contributed by atoms with Crippen LogP contribution in [0, 0.1) is 0 Å². The molecule has 1 N–H and O–H groups in total. The van der Waals surface area contributed by atoms with Gasteiger partial charge in [0.1, 0.15) is 0 Å². The normalized spacial score (nSPS) is 18.3. The molecule has 3 rings (SSSR count). The zero-order valence-electron chi connectivity index (χ0n) is 9.67. The number of carbonyl (C=O) groups is 1. The van der Waals surface area contributed by atoms with E-state index in [1.165, 1.54) is 11.1 Å². The van der Waals surface area contributed by atoms with Crippen LogP contribution in [0.4, 0.5) is 0 Å². The lowest BCUT2D eigenvalue weighted by atomic mass is 9.83. The standard InChI is InChI=1S/C13H12N2O3/c16-13(17)11-14-12(18-15-11)10-7-3-5-8-4-1-2-6-9(8)10/h1-2,4,6,10H,3,5,7H2,(H,16,17). The van der Waals surface area contributed by atoms with Crippen LogP contribution in [0.3, 0.4) is 0 Å². The molecule has 5 heteroatoms. The number of aromatic nitrogens is 2. The first-order chi connectivity index (χ1) is 8.75. The average Bonchev–Trinajstić information content (AvgIpc) is 2.87. The predicted molar refractivity (Wildman–Crippen MR) is 62.5 cm³/mol. The molecule has 1 aromatic carbocycles. The lowest BCUT2D eigenvalue weighted by Crippen LogP contribution is -2.11. The van der Waals surface area contributed by atoms with Gasteiger partial charge in [0, 0.05) is 0 Å². The monoisotopic (exact) mass is 244 g/mol. The number of aromatic carboxylic acids is 1. The number of fused-ring (bicyclic) bond motifs is 1. The van der Waals surface area contributed by atoms with Crippen LogP contribution in [0.15, 0.2) is 28.8 Å². The van der Waals surface area contributed by atoms with E-state index in [0.29, 0.717) is 5.89 Å². The van der Waals surface area contributed by atoms with E-state index in [1.54, 1.807) is 0 Å². The Bertz CT molecular complexity index is 591. The Morgan fingerprint density at radius 3 is 3.00 bits per heavy atom. The van der Waals surface area contributed by atoms with Gasteiger partial charge < -0.3 is 9.63 Å². The first-order valence-electron chi connectivity index (χ1n) is 5.90. The predicted octanol–water partition coefficient (Wildman–Crippen LogP) is 2.24. The summed E-state index contributed by atoms with van der Waals surface area (Å²) in [5.41, 5.74) is 2.45. The molecule has 0 saturated heterocycles. The molecule has 18 heavy (non-hydrogen) atoms. The molecule has 1 aromatic heterocycles. The van der Waals surface area contributed by atoms with E-state index in [9.17, 15) is 4.79 Å². The van der Waals surface area contributed by atoms with Gasteiger partial charge in [-0.05, 0) is 35.5 Å². The Hall–Kier alpha value is -2.17. The fraction of sp³-hybridized carbons (Fsp3) is 0.308. The van der Waals surface area contributed by atoms with E-state index < -0.39 is 5.97 Å². The van der Waals surface area contributed by atoms with Crippen LogP contribution in [0.1, 0.15) is 46.4 Å². The first-order valence-corrected chi connectivity index (χ1v) is 5.90. The van der Waals surface area contributed by atoms with Crippen molar-refractivity contribution in [3.63, 3.8) is 0 Å². The van der Waals surface area contributed by atoms with Crippen LogP contribution in [0.25, 0.3) is 0 Å². The second-order valence-electron chi connectivity index (χ2n) is 4.41. The van der Waals surface area contributed by atoms with Gasteiger partial charge in [-0.1, -0.05) is 24.3 Å². The number of rotatable bonds is 2. The Kier molecular flexibility index (Phi) is 2.59. The number of carboxylic acid groups (broad SMARTS) is 1. The maximum absolute atomic E-state index is 10.8. The summed E-state index contributed by atoms with van der Waals surface area (Å²) >= 11 is 0. The average molecular weight is 244 g/mol. The quantitative estimate of drug-likeness (QED) is 0.876. The summed E-state index contributed by atoms with van der Waals surface area (Å²) in [5, 5.41) is 12.3. The third-order valence-corrected chi connectivity index (χ3v) is 3.30. The molecule has 0 spiro atoms. The summed E-state index contributed by atoms with van der Waals surface area (Å²) < 4.78 is 5.08. The molecule has 2 aromatic rings. The summed E-state index contributed by atoms with van der Waals surface area (Å²) in [6, 6.07) is 8.13. The molecule has 0 radical (unpaired) electrons. The number of carboxylic acids is 1. The summed E-state index contributed by atoms with van der Waals surface area (Å²) in [7, 11) is 0. The van der Waals surface area contributed by atoms with Crippen molar-refractivity contribution >= 4 is 5.97 Å². The van der Waals surface area contributed by atoms with Gasteiger partial charge in [0.2, 0.25) is 5.89 Å². The van der Waals surface area contributed by atoms with E-state index in [-0.39, 0.29) is 11.7 Å². The molecule has 0 saturated carbocycles. The Morgan fingerprint density at radius 2 is 2.22 bits per heavy atom. The minimum absolute atomic E-state index is 0.0237. The zero-order chi connectivity index (χ0) is 12.5. The van der Waals surface area contributed by atoms with Gasteiger partial charge in [-0.15, -0.1) is 0 Å². The van der Waals surface area contributed by atoms with Crippen molar-refractivity contribution in [1.82, 2.24) is 10.1 Å². The number of hydrogen-bond donors (Lipinski definition) is 1. The van der Waals surface area contributed by atoms with Crippen LogP contribution in [-0.4, -0.2) is 21.2 Å². The molecule has 1 unspecified atom stereocenters. The summed E-state index contributed by atoms with van der Waals surface area (Å²) in [5.74, 6) is -1.00. The molecular formula is C13H12N2O3. The number of nitrogens with zero attached hydrogens (tertiary/aromatic N) is 2. The summed E-state index contributed by atoms with van der Waals surface area (Å²) in [6.07, 6.45) is 3.01. The van der Waals surface area contributed by atoms with E-state index in [0.717, 1.165) is 19.3 Å². The van der Waals surface area contributed by atoms with Crippen molar-refractivity contribution in [2.45, 2.75) is 25.2 Å². The largest absolute Gasteiger partial charge is 0.475 e. The van der Waals surface area contributed by atoms with Gasteiger partial charge in [-0.3, -0.25) is 0 Å². The maximum Gasteiger partial charge on any atom is 0.377 e. The zero-order valence-corrected chi connectivity index (χ0v) is 9.67. The van der Waals surface area contributed by atoms with Crippen molar-refractivity contribution in [2.75, 3.05) is 0 Å². The SMILES string of the molecule is O=C(O)c1noc(C2CCCc3ccccc32)n1. The molecule has 5 nitrogen and oxygen atoms in total. The Morgan fingerprint density at radius 1 is 1.39 bits per heavy atom. The summed E-state index contributed by atoms with van der Waals surface area (Å²) in [6.45, 7) is 0.